The van der Waals surface area contributed by atoms with Crippen LogP contribution in [0.25, 0.3) is 0 Å². The average molecular weight is 316 g/mol. The van der Waals surface area contributed by atoms with Crippen LogP contribution in [0.15, 0.2) is 51.6 Å². The Bertz CT molecular complexity index is 679. The molecule has 0 saturated heterocycles. The van der Waals surface area contributed by atoms with Gasteiger partial charge in [-0.25, -0.2) is 0 Å². The molecule has 0 unspecified atom stereocenters. The van der Waals surface area contributed by atoms with Crippen molar-refractivity contribution in [1.82, 2.24) is 0 Å². The SMILES string of the molecule is COc1cc(N2CC=CCC2)ccc1NC1=NC=C(Cl)[C+]=N1. The number of aliphatic imine (C=N–C) groups is 2. The number of ether oxygens (including phenoxy) is 1. The lowest BCUT2D eigenvalue weighted by Crippen LogP contribution is -2.26. The minimum atomic E-state index is 0.381. The van der Waals surface area contributed by atoms with Gasteiger partial charge in [0.15, 0.2) is 12.4 Å². The Kier molecular flexibility index (Phi) is 4.37. The first-order valence-corrected chi connectivity index (χ1v) is 7.39. The van der Waals surface area contributed by atoms with Gasteiger partial charge in [-0.3, -0.25) is 5.32 Å². The fourth-order valence-corrected chi connectivity index (χ4v) is 2.41. The molecule has 0 radical (unpaired) electrons. The highest BCUT2D eigenvalue weighted by molar-refractivity contribution is 6.40. The maximum absolute atomic E-state index is 5.74. The molecule has 0 spiro atoms. The fraction of sp³-hybridized carbons (Fsp3) is 0.250. The van der Waals surface area contributed by atoms with Gasteiger partial charge in [-0.2, -0.15) is 0 Å². The second-order valence-corrected chi connectivity index (χ2v) is 5.28. The summed E-state index contributed by atoms with van der Waals surface area (Å²) in [5.74, 6) is 1.17. The number of allylic oxidation sites excluding steroid dienone is 1. The summed E-state index contributed by atoms with van der Waals surface area (Å²) < 4.78 is 5.47. The van der Waals surface area contributed by atoms with Crippen molar-refractivity contribution in [2.75, 3.05) is 30.4 Å². The molecule has 0 aliphatic carbocycles. The van der Waals surface area contributed by atoms with E-state index < -0.39 is 0 Å². The second kappa shape index (κ2) is 6.60. The van der Waals surface area contributed by atoms with Crippen LogP contribution in [0.5, 0.6) is 5.75 Å². The Morgan fingerprint density at radius 3 is 2.95 bits per heavy atom. The zero-order chi connectivity index (χ0) is 15.4. The molecule has 1 N–H and O–H groups in total. The molecule has 5 nitrogen and oxygen atoms in total. The predicted octanol–water partition coefficient (Wildman–Crippen LogP) is 3.27. The monoisotopic (exact) mass is 315 g/mol. The van der Waals surface area contributed by atoms with Gasteiger partial charge in [0.2, 0.25) is 5.03 Å². The lowest BCUT2D eigenvalue weighted by molar-refractivity contribution is 0.417. The first-order chi connectivity index (χ1) is 10.8. The largest absolute Gasteiger partial charge is 0.494 e. The van der Waals surface area contributed by atoms with E-state index in [1.54, 1.807) is 7.11 Å². The number of nitrogens with one attached hydrogen (secondary N) is 1. The van der Waals surface area contributed by atoms with Crippen LogP contribution in [0.4, 0.5) is 11.4 Å². The molecular weight excluding hydrogens is 300 g/mol. The van der Waals surface area contributed by atoms with Crippen LogP contribution in [-0.4, -0.2) is 32.4 Å². The quantitative estimate of drug-likeness (QED) is 0.688. The number of benzene rings is 1. The van der Waals surface area contributed by atoms with E-state index in [-0.39, 0.29) is 0 Å². The van der Waals surface area contributed by atoms with Crippen molar-refractivity contribution in [1.29, 1.82) is 0 Å². The van der Waals surface area contributed by atoms with E-state index in [2.05, 4.69) is 44.6 Å². The van der Waals surface area contributed by atoms with E-state index in [1.165, 1.54) is 6.20 Å². The zero-order valence-corrected chi connectivity index (χ0v) is 13.0. The predicted molar refractivity (Wildman–Crippen MR) is 91.4 cm³/mol. The molecule has 2 aliphatic rings. The molecule has 0 saturated carbocycles. The Morgan fingerprint density at radius 2 is 2.27 bits per heavy atom. The van der Waals surface area contributed by atoms with Gasteiger partial charge in [-0.05, 0) is 35.1 Å². The highest BCUT2D eigenvalue weighted by Gasteiger charge is 2.16. The van der Waals surface area contributed by atoms with E-state index in [4.69, 9.17) is 16.3 Å². The fourth-order valence-electron chi connectivity index (χ4n) is 2.32. The summed E-state index contributed by atoms with van der Waals surface area (Å²) >= 11 is 5.74. The number of guanidine groups is 1. The maximum Gasteiger partial charge on any atom is 0.344 e. The zero-order valence-electron chi connectivity index (χ0n) is 12.2. The standard InChI is InChI=1S/C16H16ClN4O/c1-22-15-9-13(21-7-3-2-4-8-21)5-6-14(15)20-16-18-10-12(17)11-19-16/h2-3,5-6,9-10H,4,7-8H2,1H3,(H,18,19,20)/q+1. The van der Waals surface area contributed by atoms with Crippen molar-refractivity contribution < 1.29 is 4.74 Å². The number of halogens is 1. The Labute approximate surface area is 134 Å². The lowest BCUT2D eigenvalue weighted by Gasteiger charge is -2.26. The van der Waals surface area contributed by atoms with Crippen LogP contribution in [0.3, 0.4) is 0 Å². The molecule has 0 bridgehead atoms. The van der Waals surface area contributed by atoms with Crippen LogP contribution in [0.1, 0.15) is 6.42 Å². The molecule has 2 aliphatic heterocycles. The normalized spacial score (nSPS) is 16.7. The van der Waals surface area contributed by atoms with Gasteiger partial charge in [-0.15, -0.1) is 0 Å². The summed E-state index contributed by atoms with van der Waals surface area (Å²) in [5, 5.41) is 3.49. The van der Waals surface area contributed by atoms with Crippen LogP contribution < -0.4 is 15.0 Å². The Hall–Kier alpha value is -2.36. The third-order valence-corrected chi connectivity index (χ3v) is 3.61. The van der Waals surface area contributed by atoms with E-state index in [0.29, 0.717) is 11.0 Å². The van der Waals surface area contributed by atoms with Crippen molar-refractivity contribution in [3.63, 3.8) is 0 Å². The van der Waals surface area contributed by atoms with E-state index in [0.717, 1.165) is 36.6 Å². The van der Waals surface area contributed by atoms with E-state index in [1.807, 2.05) is 12.1 Å². The molecule has 22 heavy (non-hydrogen) atoms. The third kappa shape index (κ3) is 3.27. The molecule has 1 aromatic rings. The second-order valence-electron chi connectivity index (χ2n) is 4.87. The van der Waals surface area contributed by atoms with Gasteiger partial charge in [0.25, 0.3) is 0 Å². The summed E-state index contributed by atoms with van der Waals surface area (Å²) in [6.07, 6.45) is 9.60. The van der Waals surface area contributed by atoms with Crippen molar-refractivity contribution in [3.8, 4) is 5.75 Å². The van der Waals surface area contributed by atoms with Crippen LogP contribution in [0.2, 0.25) is 0 Å². The minimum absolute atomic E-state index is 0.381. The molecule has 6 heteroatoms. The van der Waals surface area contributed by atoms with E-state index >= 15 is 0 Å². The van der Waals surface area contributed by atoms with Crippen molar-refractivity contribution in [2.24, 2.45) is 9.98 Å². The molecule has 0 aromatic heterocycles. The summed E-state index contributed by atoms with van der Waals surface area (Å²) in [7, 11) is 1.65. The third-order valence-electron chi connectivity index (χ3n) is 3.42. The lowest BCUT2D eigenvalue weighted by atomic mass is 10.2. The van der Waals surface area contributed by atoms with Crippen molar-refractivity contribution >= 4 is 35.1 Å². The summed E-state index contributed by atoms with van der Waals surface area (Å²) in [6.45, 7) is 1.94. The number of hydrogen-bond acceptors (Lipinski definition) is 5. The first-order valence-electron chi connectivity index (χ1n) is 7.01. The smallest absolute Gasteiger partial charge is 0.344 e. The van der Waals surface area contributed by atoms with Crippen molar-refractivity contribution in [3.05, 3.63) is 41.6 Å². The highest BCUT2D eigenvalue weighted by Crippen LogP contribution is 2.30. The Morgan fingerprint density at radius 1 is 1.36 bits per heavy atom. The van der Waals surface area contributed by atoms with Crippen LogP contribution >= 0.6 is 11.6 Å². The van der Waals surface area contributed by atoms with E-state index in [9.17, 15) is 0 Å². The molecule has 2 heterocycles. The van der Waals surface area contributed by atoms with Crippen LogP contribution in [-0.2, 0) is 0 Å². The van der Waals surface area contributed by atoms with Gasteiger partial charge in [0.05, 0.1) is 12.8 Å². The van der Waals surface area contributed by atoms with Gasteiger partial charge < -0.3 is 9.64 Å². The first kappa shape index (κ1) is 14.6. The summed E-state index contributed by atoms with van der Waals surface area (Å²) in [5.41, 5.74) is 1.94. The molecule has 112 valence electrons. The van der Waals surface area contributed by atoms with Gasteiger partial charge in [0.1, 0.15) is 5.75 Å². The number of methoxy groups -OCH3 is 1. The van der Waals surface area contributed by atoms with Gasteiger partial charge in [-0.1, -0.05) is 17.1 Å². The van der Waals surface area contributed by atoms with Crippen LogP contribution in [0, 0.1) is 0 Å². The van der Waals surface area contributed by atoms with Gasteiger partial charge in [0, 0.05) is 24.8 Å². The van der Waals surface area contributed by atoms with Crippen molar-refractivity contribution in [2.45, 2.75) is 6.42 Å². The average Bonchev–Trinajstić information content (AvgIpc) is 2.58. The summed E-state index contributed by atoms with van der Waals surface area (Å²) in [4.78, 5) is 10.4. The molecular formula is C16H16ClN4O+. The molecule has 0 fully saturated rings. The number of rotatable bonds is 3. The summed E-state index contributed by atoms with van der Waals surface area (Å²) in [6, 6.07) is 6.04. The van der Waals surface area contributed by atoms with Gasteiger partial charge >= 0.3 is 5.96 Å². The minimum Gasteiger partial charge on any atom is -0.494 e. The molecule has 0 atom stereocenters. The topological polar surface area (TPSA) is 49.2 Å². The molecule has 3 rings (SSSR count). The number of hydrogen-bond donors (Lipinski definition) is 1. The number of nitrogens with zero attached hydrogens (tertiary/aromatic N) is 3. The molecule has 0 amide bonds. The highest BCUT2D eigenvalue weighted by atomic mass is 35.5. The molecule has 1 aromatic carbocycles. The maximum atomic E-state index is 5.74. The number of anilines is 2. The Balaban J connectivity index is 1.80.